The van der Waals surface area contributed by atoms with Crippen LogP contribution in [-0.2, 0) is 10.4 Å². The Morgan fingerprint density at radius 3 is 1.86 bits per heavy atom. The van der Waals surface area contributed by atoms with Crippen LogP contribution < -0.4 is 5.73 Å². The van der Waals surface area contributed by atoms with Crippen LogP contribution in [0.4, 0.5) is 13.2 Å². The molecular weight excluding hydrogens is 373 g/mol. The number of benzene rings is 1. The molecule has 1 atom stereocenters. The van der Waals surface area contributed by atoms with Gasteiger partial charge in [0.2, 0.25) is 5.91 Å². The first-order valence-electron chi connectivity index (χ1n) is 9.54. The summed E-state index contributed by atoms with van der Waals surface area (Å²) in [5, 5.41) is 9.77. The fraction of sp³-hybridized carbons (Fsp3) is 0.600. The zero-order chi connectivity index (χ0) is 20.7. The van der Waals surface area contributed by atoms with Crippen molar-refractivity contribution in [2.24, 2.45) is 11.7 Å². The maximum Gasteiger partial charge on any atom is 0.421 e. The van der Waals surface area contributed by atoms with Gasteiger partial charge in [0.25, 0.3) is 5.91 Å². The van der Waals surface area contributed by atoms with Crippen molar-refractivity contribution in [2.75, 3.05) is 0 Å². The lowest BCUT2D eigenvalue weighted by Gasteiger charge is -2.36. The number of carbonyl (C=O) groups is 2. The molecule has 2 aliphatic rings. The molecule has 0 aromatic heterocycles. The Bertz CT molecular complexity index is 734. The van der Waals surface area contributed by atoms with Crippen LogP contribution in [0.25, 0.3) is 0 Å². The van der Waals surface area contributed by atoms with Crippen molar-refractivity contribution in [2.45, 2.75) is 69.3 Å². The Morgan fingerprint density at radius 1 is 1.00 bits per heavy atom. The standard InChI is InChI=1S/C20H25F3N2O3/c1-19(28,20(21,22)23)14-6-2-13(3-7-14)18(27)25(16-10-11-16)15-8-4-12(5-9-15)17(24)26/h2-3,6-7,12,15-16,28H,4-5,8-11H2,1H3,(H2,24,26)/t12-,15-,19-/m0/s1. The van der Waals surface area contributed by atoms with Crippen LogP contribution in [0.2, 0.25) is 0 Å². The molecule has 5 nitrogen and oxygen atoms in total. The molecule has 1 aromatic rings. The van der Waals surface area contributed by atoms with Crippen molar-refractivity contribution in [3.05, 3.63) is 35.4 Å². The van der Waals surface area contributed by atoms with Gasteiger partial charge in [-0.25, -0.2) is 0 Å². The number of amides is 2. The highest BCUT2D eigenvalue weighted by Gasteiger charge is 2.51. The molecule has 28 heavy (non-hydrogen) atoms. The van der Waals surface area contributed by atoms with Crippen molar-refractivity contribution < 1.29 is 27.9 Å². The quantitative estimate of drug-likeness (QED) is 0.799. The monoisotopic (exact) mass is 398 g/mol. The Morgan fingerprint density at radius 2 is 1.46 bits per heavy atom. The van der Waals surface area contributed by atoms with Gasteiger partial charge >= 0.3 is 6.18 Å². The van der Waals surface area contributed by atoms with E-state index in [2.05, 4.69) is 0 Å². The minimum atomic E-state index is -4.81. The largest absolute Gasteiger partial charge is 0.421 e. The topological polar surface area (TPSA) is 83.6 Å². The lowest BCUT2D eigenvalue weighted by Crippen LogP contribution is -2.45. The summed E-state index contributed by atoms with van der Waals surface area (Å²) in [7, 11) is 0. The van der Waals surface area contributed by atoms with Crippen LogP contribution in [0.5, 0.6) is 0 Å². The molecule has 0 heterocycles. The number of hydrogen-bond donors (Lipinski definition) is 2. The van der Waals surface area contributed by atoms with Crippen LogP contribution in [0, 0.1) is 5.92 Å². The van der Waals surface area contributed by atoms with Gasteiger partial charge in [-0.05, 0) is 63.1 Å². The normalized spacial score (nSPS) is 25.0. The molecule has 8 heteroatoms. The second kappa shape index (κ2) is 7.39. The van der Waals surface area contributed by atoms with Crippen LogP contribution in [-0.4, -0.2) is 40.1 Å². The second-order valence-corrected chi connectivity index (χ2v) is 8.00. The van der Waals surface area contributed by atoms with E-state index in [9.17, 15) is 27.9 Å². The number of rotatable bonds is 5. The third kappa shape index (κ3) is 4.01. The number of nitrogens with two attached hydrogens (primary N) is 1. The summed E-state index contributed by atoms with van der Waals surface area (Å²) in [4.78, 5) is 26.2. The van der Waals surface area contributed by atoms with Crippen LogP contribution in [0.15, 0.2) is 24.3 Å². The van der Waals surface area contributed by atoms with E-state index in [0.717, 1.165) is 25.0 Å². The van der Waals surface area contributed by atoms with Gasteiger partial charge < -0.3 is 15.7 Å². The predicted molar refractivity (Wildman–Crippen MR) is 96.2 cm³/mol. The maximum atomic E-state index is 13.0. The molecule has 0 saturated heterocycles. The molecule has 2 amide bonds. The average Bonchev–Trinajstić information content (AvgIpc) is 3.46. The lowest BCUT2D eigenvalue weighted by molar-refractivity contribution is -0.258. The van der Waals surface area contributed by atoms with Crippen molar-refractivity contribution in [1.29, 1.82) is 0 Å². The Hall–Kier alpha value is -2.09. The molecule has 0 spiro atoms. The van der Waals surface area contributed by atoms with Crippen molar-refractivity contribution in [1.82, 2.24) is 4.90 Å². The van der Waals surface area contributed by atoms with E-state index in [0.29, 0.717) is 38.2 Å². The second-order valence-electron chi connectivity index (χ2n) is 8.00. The Labute approximate surface area is 161 Å². The number of nitrogens with zero attached hydrogens (tertiary/aromatic N) is 1. The fourth-order valence-corrected chi connectivity index (χ4v) is 3.87. The van der Waals surface area contributed by atoms with Crippen molar-refractivity contribution >= 4 is 11.8 Å². The highest BCUT2D eigenvalue weighted by Crippen LogP contribution is 2.39. The zero-order valence-electron chi connectivity index (χ0n) is 15.7. The van der Waals surface area contributed by atoms with Gasteiger partial charge in [0.05, 0.1) is 0 Å². The fourth-order valence-electron chi connectivity index (χ4n) is 3.87. The van der Waals surface area contributed by atoms with E-state index < -0.39 is 11.8 Å². The van der Waals surface area contributed by atoms with E-state index in [1.165, 1.54) is 12.1 Å². The molecule has 3 N–H and O–H groups in total. The molecule has 0 bridgehead atoms. The summed E-state index contributed by atoms with van der Waals surface area (Å²) in [5.74, 6) is -0.686. The van der Waals surface area contributed by atoms with Gasteiger partial charge in [0.1, 0.15) is 0 Å². The number of aliphatic hydroxyl groups is 1. The summed E-state index contributed by atoms with van der Waals surface area (Å²) < 4.78 is 39.0. The van der Waals surface area contributed by atoms with E-state index in [1.807, 2.05) is 4.90 Å². The Kier molecular flexibility index (Phi) is 5.44. The third-order valence-electron chi connectivity index (χ3n) is 5.91. The first-order chi connectivity index (χ1) is 13.0. The first-order valence-corrected chi connectivity index (χ1v) is 9.54. The number of halogens is 3. The van der Waals surface area contributed by atoms with Gasteiger partial charge in [-0.1, -0.05) is 12.1 Å². The molecule has 2 saturated carbocycles. The summed E-state index contributed by atoms with van der Waals surface area (Å²) in [6.45, 7) is 0.692. The van der Waals surface area contributed by atoms with Crippen LogP contribution in [0.3, 0.4) is 0 Å². The summed E-state index contributed by atoms with van der Waals surface area (Å²) in [6, 6.07) is 5.12. The van der Waals surface area contributed by atoms with Gasteiger partial charge in [-0.3, -0.25) is 9.59 Å². The van der Waals surface area contributed by atoms with Gasteiger partial charge in [-0.2, -0.15) is 13.2 Å². The van der Waals surface area contributed by atoms with Crippen molar-refractivity contribution in [3.8, 4) is 0 Å². The molecule has 3 rings (SSSR count). The number of carbonyl (C=O) groups excluding carboxylic acids is 2. The SMILES string of the molecule is C[C@](O)(c1ccc(C(=O)N(C2CC2)[C@H]2CC[C@H](C(N)=O)CC2)cc1)C(F)(F)F. The molecule has 154 valence electrons. The van der Waals surface area contributed by atoms with Crippen molar-refractivity contribution in [3.63, 3.8) is 0 Å². The summed E-state index contributed by atoms with van der Waals surface area (Å²) >= 11 is 0. The molecule has 2 fully saturated rings. The summed E-state index contributed by atoms with van der Waals surface area (Å²) in [6.07, 6.45) is -0.330. The molecular formula is C20H25F3N2O3. The number of primary amides is 1. The molecule has 0 unspecified atom stereocenters. The summed E-state index contributed by atoms with van der Waals surface area (Å²) in [5.41, 5.74) is 2.39. The van der Waals surface area contributed by atoms with Gasteiger partial charge in [-0.15, -0.1) is 0 Å². The molecule has 2 aliphatic carbocycles. The third-order valence-corrected chi connectivity index (χ3v) is 5.91. The van der Waals surface area contributed by atoms with Crippen LogP contribution >= 0.6 is 0 Å². The minimum absolute atomic E-state index is 0.00793. The van der Waals surface area contributed by atoms with E-state index in [4.69, 9.17) is 5.73 Å². The van der Waals surface area contributed by atoms with E-state index in [1.54, 1.807) is 0 Å². The van der Waals surface area contributed by atoms with E-state index in [-0.39, 0.29) is 35.4 Å². The smallest absolute Gasteiger partial charge is 0.376 e. The number of alkyl halides is 3. The van der Waals surface area contributed by atoms with Crippen LogP contribution in [0.1, 0.15) is 61.4 Å². The van der Waals surface area contributed by atoms with Gasteiger partial charge in [0.15, 0.2) is 5.60 Å². The zero-order valence-corrected chi connectivity index (χ0v) is 15.7. The first kappa shape index (κ1) is 20.6. The highest BCUT2D eigenvalue weighted by atomic mass is 19.4. The lowest BCUT2D eigenvalue weighted by atomic mass is 9.84. The predicted octanol–water partition coefficient (Wildman–Crippen LogP) is 3.11. The molecule has 0 radical (unpaired) electrons. The molecule has 1 aromatic carbocycles. The Balaban J connectivity index is 1.75. The maximum absolute atomic E-state index is 13.0. The highest BCUT2D eigenvalue weighted by molar-refractivity contribution is 5.95. The molecule has 0 aliphatic heterocycles. The number of hydrogen-bond acceptors (Lipinski definition) is 3. The van der Waals surface area contributed by atoms with E-state index >= 15 is 0 Å². The minimum Gasteiger partial charge on any atom is -0.376 e. The van der Waals surface area contributed by atoms with Gasteiger partial charge in [0, 0.05) is 23.6 Å². The average molecular weight is 398 g/mol.